The van der Waals surface area contributed by atoms with E-state index in [1.165, 1.54) is 57.4 Å². The largest absolute Gasteiger partial charge is 0.465 e. The molecule has 1 N–H and O–H groups in total. The lowest BCUT2D eigenvalue weighted by atomic mass is 9.94. The molecule has 0 heterocycles. The number of halogens is 1. The minimum Gasteiger partial charge on any atom is -0.465 e. The molecule has 0 aromatic heterocycles. The van der Waals surface area contributed by atoms with Crippen LogP contribution in [0.1, 0.15) is 48.0 Å². The summed E-state index contributed by atoms with van der Waals surface area (Å²) in [5.74, 6) is -0.627. The molecule has 0 amide bonds. The van der Waals surface area contributed by atoms with Gasteiger partial charge in [0.2, 0.25) is 0 Å². The van der Waals surface area contributed by atoms with E-state index in [1.807, 2.05) is 12.1 Å². The Morgan fingerprint density at radius 1 is 1.17 bits per heavy atom. The molecule has 1 fully saturated rings. The van der Waals surface area contributed by atoms with E-state index in [-0.39, 0.29) is 15.5 Å². The van der Waals surface area contributed by atoms with Gasteiger partial charge in [-0.3, -0.25) is 9.62 Å². The molecule has 162 valence electrons. The number of hydrogen-bond acceptors (Lipinski definition) is 5. The number of carbonyl (C=O) groups excluding carboxylic acids is 1. The Hall–Kier alpha value is -2.09. The van der Waals surface area contributed by atoms with Gasteiger partial charge in [0, 0.05) is 12.6 Å². The molecule has 0 spiro atoms. The topological polar surface area (TPSA) is 75.7 Å². The molecule has 2 aromatic rings. The van der Waals surface area contributed by atoms with E-state index in [0.29, 0.717) is 18.3 Å². The van der Waals surface area contributed by atoms with Crippen LogP contribution in [0, 0.1) is 0 Å². The van der Waals surface area contributed by atoms with Crippen molar-refractivity contribution < 1.29 is 17.9 Å². The lowest BCUT2D eigenvalue weighted by molar-refractivity contribution is 0.0600. The molecule has 0 bridgehead atoms. The molecule has 1 aliphatic rings. The Labute approximate surface area is 183 Å². The van der Waals surface area contributed by atoms with Crippen molar-refractivity contribution in [3.05, 3.63) is 58.6 Å². The zero-order valence-electron chi connectivity index (χ0n) is 17.2. The molecule has 6 nitrogen and oxygen atoms in total. The molecule has 0 radical (unpaired) electrons. The molecule has 8 heteroatoms. The average Bonchev–Trinajstić information content (AvgIpc) is 2.75. The van der Waals surface area contributed by atoms with Crippen LogP contribution in [0.2, 0.25) is 5.02 Å². The van der Waals surface area contributed by atoms with Gasteiger partial charge in [-0.15, -0.1) is 0 Å². The summed E-state index contributed by atoms with van der Waals surface area (Å²) in [6, 6.07) is 11.9. The number of anilines is 1. The van der Waals surface area contributed by atoms with Crippen molar-refractivity contribution >= 4 is 33.3 Å². The maximum atomic E-state index is 13.1. The maximum absolute atomic E-state index is 13.1. The van der Waals surface area contributed by atoms with Gasteiger partial charge in [0.15, 0.2) is 0 Å². The molecule has 3 rings (SSSR count). The van der Waals surface area contributed by atoms with Crippen molar-refractivity contribution in [2.75, 3.05) is 18.9 Å². The van der Waals surface area contributed by atoms with Crippen LogP contribution in [0.25, 0.3) is 0 Å². The second-order valence-corrected chi connectivity index (χ2v) is 9.66. The highest BCUT2D eigenvalue weighted by Crippen LogP contribution is 2.28. The first kappa shape index (κ1) is 22.6. The SMILES string of the molecule is COC(=O)c1ccc(Cl)c(S(=O)(=O)Nc2ccccc2CN(C)C2CCCCC2)c1. The second kappa shape index (κ2) is 9.81. The predicted octanol–water partition coefficient (Wildman–Crippen LogP) is 4.69. The van der Waals surface area contributed by atoms with Crippen molar-refractivity contribution in [2.45, 2.75) is 49.6 Å². The zero-order chi connectivity index (χ0) is 21.7. The Morgan fingerprint density at radius 2 is 1.87 bits per heavy atom. The highest BCUT2D eigenvalue weighted by molar-refractivity contribution is 7.92. The number of benzene rings is 2. The molecular formula is C22H27ClN2O4S. The lowest BCUT2D eigenvalue weighted by Gasteiger charge is -2.31. The molecule has 2 aromatic carbocycles. The van der Waals surface area contributed by atoms with Gasteiger partial charge in [0.05, 0.1) is 23.4 Å². The summed E-state index contributed by atoms with van der Waals surface area (Å²) in [6.07, 6.45) is 6.09. The third-order valence-electron chi connectivity index (χ3n) is 5.52. The molecule has 0 saturated heterocycles. The van der Waals surface area contributed by atoms with Gasteiger partial charge in [-0.1, -0.05) is 49.1 Å². The molecular weight excluding hydrogens is 424 g/mol. The number of esters is 1. The standard InChI is InChI=1S/C22H27ClN2O4S/c1-25(18-9-4-3-5-10-18)15-17-8-6-7-11-20(17)24-30(27,28)21-14-16(22(26)29-2)12-13-19(21)23/h6-8,11-14,18,24H,3-5,9-10,15H2,1-2H3. The summed E-state index contributed by atoms with van der Waals surface area (Å²) >= 11 is 6.14. The van der Waals surface area contributed by atoms with Gasteiger partial charge >= 0.3 is 5.97 Å². The predicted molar refractivity (Wildman–Crippen MR) is 118 cm³/mol. The van der Waals surface area contributed by atoms with E-state index in [9.17, 15) is 13.2 Å². The Bertz CT molecular complexity index is 1000. The molecule has 1 saturated carbocycles. The fourth-order valence-electron chi connectivity index (χ4n) is 3.83. The van der Waals surface area contributed by atoms with E-state index < -0.39 is 16.0 Å². The van der Waals surface area contributed by atoms with Crippen LogP contribution in [0.15, 0.2) is 47.4 Å². The Balaban J connectivity index is 1.85. The summed E-state index contributed by atoms with van der Waals surface area (Å²) in [5, 5.41) is 0.0342. The van der Waals surface area contributed by atoms with E-state index >= 15 is 0 Å². The fraction of sp³-hybridized carbons (Fsp3) is 0.409. The molecule has 0 aliphatic heterocycles. The first-order valence-corrected chi connectivity index (χ1v) is 11.9. The summed E-state index contributed by atoms with van der Waals surface area (Å²) in [5.41, 5.74) is 1.50. The maximum Gasteiger partial charge on any atom is 0.337 e. The van der Waals surface area contributed by atoms with Crippen LogP contribution in [-0.4, -0.2) is 39.5 Å². The monoisotopic (exact) mass is 450 g/mol. The van der Waals surface area contributed by atoms with Gasteiger partial charge < -0.3 is 4.74 Å². The van der Waals surface area contributed by atoms with Crippen LogP contribution in [0.5, 0.6) is 0 Å². The second-order valence-electron chi connectivity index (χ2n) is 7.61. The average molecular weight is 451 g/mol. The Morgan fingerprint density at radius 3 is 2.57 bits per heavy atom. The lowest BCUT2D eigenvalue weighted by Crippen LogP contribution is -2.33. The number of sulfonamides is 1. The van der Waals surface area contributed by atoms with Gasteiger partial charge in [-0.25, -0.2) is 13.2 Å². The van der Waals surface area contributed by atoms with Crippen LogP contribution < -0.4 is 4.72 Å². The number of rotatable bonds is 7. The third kappa shape index (κ3) is 5.33. The number of methoxy groups -OCH3 is 1. The van der Waals surface area contributed by atoms with E-state index in [0.717, 1.165) is 5.56 Å². The number of hydrogen-bond donors (Lipinski definition) is 1. The van der Waals surface area contributed by atoms with Gasteiger partial charge in [-0.05, 0) is 49.7 Å². The first-order chi connectivity index (χ1) is 14.3. The number of ether oxygens (including phenoxy) is 1. The summed E-state index contributed by atoms with van der Waals surface area (Å²) in [4.78, 5) is 13.9. The van der Waals surface area contributed by atoms with Crippen molar-refractivity contribution in [3.8, 4) is 0 Å². The minimum atomic E-state index is -4.00. The molecule has 0 atom stereocenters. The molecule has 1 aliphatic carbocycles. The number of nitrogens with one attached hydrogen (secondary N) is 1. The summed E-state index contributed by atoms with van der Waals surface area (Å²) in [7, 11) is -0.680. The van der Waals surface area contributed by atoms with Gasteiger partial charge in [-0.2, -0.15) is 0 Å². The van der Waals surface area contributed by atoms with Crippen LogP contribution in [0.4, 0.5) is 5.69 Å². The smallest absolute Gasteiger partial charge is 0.337 e. The molecule has 30 heavy (non-hydrogen) atoms. The third-order valence-corrected chi connectivity index (χ3v) is 7.37. The van der Waals surface area contributed by atoms with Crippen molar-refractivity contribution in [1.29, 1.82) is 0 Å². The fourth-order valence-corrected chi connectivity index (χ4v) is 5.46. The normalized spacial score (nSPS) is 15.2. The van der Waals surface area contributed by atoms with E-state index in [2.05, 4.69) is 21.4 Å². The number of para-hydroxylation sites is 1. The summed E-state index contributed by atoms with van der Waals surface area (Å²) < 4.78 is 33.5. The van der Waals surface area contributed by atoms with Crippen LogP contribution in [0.3, 0.4) is 0 Å². The van der Waals surface area contributed by atoms with E-state index in [1.54, 1.807) is 12.1 Å². The van der Waals surface area contributed by atoms with Crippen molar-refractivity contribution in [1.82, 2.24) is 4.90 Å². The quantitative estimate of drug-likeness (QED) is 0.619. The minimum absolute atomic E-state index is 0.0342. The summed E-state index contributed by atoms with van der Waals surface area (Å²) in [6.45, 7) is 0.638. The van der Waals surface area contributed by atoms with Gasteiger partial charge in [0.25, 0.3) is 10.0 Å². The molecule has 0 unspecified atom stereocenters. The van der Waals surface area contributed by atoms with Crippen molar-refractivity contribution in [2.24, 2.45) is 0 Å². The van der Waals surface area contributed by atoms with Crippen LogP contribution >= 0.6 is 11.6 Å². The highest BCUT2D eigenvalue weighted by atomic mass is 35.5. The van der Waals surface area contributed by atoms with E-state index in [4.69, 9.17) is 11.6 Å². The Kier molecular flexibility index (Phi) is 7.39. The first-order valence-electron chi connectivity index (χ1n) is 10.0. The van der Waals surface area contributed by atoms with Crippen LogP contribution in [-0.2, 0) is 21.3 Å². The number of nitrogens with zero attached hydrogens (tertiary/aromatic N) is 1. The highest BCUT2D eigenvalue weighted by Gasteiger charge is 2.23. The zero-order valence-corrected chi connectivity index (χ0v) is 18.8. The van der Waals surface area contributed by atoms with Gasteiger partial charge in [0.1, 0.15) is 4.90 Å². The van der Waals surface area contributed by atoms with Crippen molar-refractivity contribution in [3.63, 3.8) is 0 Å². The number of carbonyl (C=O) groups is 1.